The van der Waals surface area contributed by atoms with Gasteiger partial charge < -0.3 is 20.6 Å². The number of aliphatic hydroxyl groups excluding tert-OH is 3. The Hall–Kier alpha value is -0.910. The Morgan fingerprint density at radius 3 is 2.23 bits per heavy atom. The van der Waals surface area contributed by atoms with Gasteiger partial charge in [-0.05, 0) is 5.57 Å². The van der Waals surface area contributed by atoms with E-state index in [0.29, 0.717) is 0 Å². The summed E-state index contributed by atoms with van der Waals surface area (Å²) in [6, 6.07) is -0.762. The van der Waals surface area contributed by atoms with E-state index in [9.17, 15) is 20.1 Å². The molecule has 0 heterocycles. The lowest BCUT2D eigenvalue weighted by atomic mass is 10.1. The number of rotatable bonds is 1. The Morgan fingerprint density at radius 1 is 1.38 bits per heavy atom. The molecule has 1 aliphatic rings. The molecule has 0 aliphatic heterocycles. The lowest BCUT2D eigenvalue weighted by Crippen LogP contribution is -2.42. The number of carbonyl (C=O) groups is 1. The number of nitrogens with one attached hydrogen (secondary N) is 1. The highest BCUT2D eigenvalue weighted by atomic mass is 16.4. The minimum Gasteiger partial charge on any atom is -0.388 e. The lowest BCUT2D eigenvalue weighted by Gasteiger charge is -2.16. The van der Waals surface area contributed by atoms with Gasteiger partial charge in [0.2, 0.25) is 5.91 Å². The zero-order chi connectivity index (χ0) is 10.2. The van der Waals surface area contributed by atoms with E-state index >= 15 is 0 Å². The van der Waals surface area contributed by atoms with Gasteiger partial charge in [0.05, 0.1) is 6.04 Å². The summed E-state index contributed by atoms with van der Waals surface area (Å²) in [4.78, 5) is 10.7. The van der Waals surface area contributed by atoms with Gasteiger partial charge in [-0.25, -0.2) is 0 Å². The van der Waals surface area contributed by atoms with Crippen LogP contribution in [0.3, 0.4) is 0 Å². The van der Waals surface area contributed by atoms with E-state index in [2.05, 4.69) is 11.9 Å². The van der Waals surface area contributed by atoms with E-state index < -0.39 is 24.4 Å². The third kappa shape index (κ3) is 1.72. The molecule has 1 rings (SSSR count). The maximum Gasteiger partial charge on any atom is 0.217 e. The summed E-state index contributed by atoms with van der Waals surface area (Å²) in [7, 11) is 0. The minimum absolute atomic E-state index is 0.232. The van der Waals surface area contributed by atoms with E-state index in [1.807, 2.05) is 0 Å². The summed E-state index contributed by atoms with van der Waals surface area (Å²) in [6.07, 6.45) is -3.64. The topological polar surface area (TPSA) is 89.8 Å². The summed E-state index contributed by atoms with van der Waals surface area (Å²) in [6.45, 7) is 4.77. The Morgan fingerprint density at radius 2 is 1.92 bits per heavy atom. The average Bonchev–Trinajstić information content (AvgIpc) is 2.22. The second-order valence-corrected chi connectivity index (χ2v) is 3.18. The molecule has 0 aromatic carbocycles. The third-order valence-corrected chi connectivity index (χ3v) is 2.15. The highest BCUT2D eigenvalue weighted by Crippen LogP contribution is 2.24. The molecule has 1 amide bonds. The van der Waals surface area contributed by atoms with E-state index in [4.69, 9.17) is 0 Å². The minimum atomic E-state index is -1.27. The van der Waals surface area contributed by atoms with Crippen molar-refractivity contribution in [2.24, 2.45) is 0 Å². The monoisotopic (exact) mass is 187 g/mol. The van der Waals surface area contributed by atoms with Crippen molar-refractivity contribution in [3.63, 3.8) is 0 Å². The summed E-state index contributed by atoms with van der Waals surface area (Å²) >= 11 is 0. The largest absolute Gasteiger partial charge is 0.388 e. The molecule has 5 nitrogen and oxygen atoms in total. The molecule has 5 heteroatoms. The highest BCUT2D eigenvalue weighted by Gasteiger charge is 2.43. The van der Waals surface area contributed by atoms with Crippen LogP contribution in [0, 0.1) is 0 Å². The van der Waals surface area contributed by atoms with Gasteiger partial charge in [0.25, 0.3) is 0 Å². The lowest BCUT2D eigenvalue weighted by molar-refractivity contribution is -0.120. The molecule has 0 aromatic heterocycles. The van der Waals surface area contributed by atoms with Crippen molar-refractivity contribution in [1.29, 1.82) is 0 Å². The Balaban J connectivity index is 2.75. The van der Waals surface area contributed by atoms with Gasteiger partial charge in [0.1, 0.15) is 18.3 Å². The molecule has 0 unspecified atom stereocenters. The normalized spacial score (nSPS) is 39.2. The van der Waals surface area contributed by atoms with Crippen molar-refractivity contribution < 1.29 is 20.1 Å². The fourth-order valence-corrected chi connectivity index (χ4v) is 1.40. The van der Waals surface area contributed by atoms with Crippen LogP contribution in [0.1, 0.15) is 6.92 Å². The van der Waals surface area contributed by atoms with Crippen molar-refractivity contribution in [2.45, 2.75) is 31.3 Å². The SMILES string of the molecule is C=C1[C@@H](O)[C@H](O)[C@@H](O)[C@H]1NC(C)=O. The standard InChI is InChI=1S/C8H13NO4/c1-3-5(9-4(2)10)7(12)8(13)6(3)11/h5-8,11-13H,1H2,2H3,(H,9,10)/t5-,6+,7-,8-/m0/s1. The van der Waals surface area contributed by atoms with Crippen molar-refractivity contribution in [3.05, 3.63) is 12.2 Å². The van der Waals surface area contributed by atoms with Crippen molar-refractivity contribution in [1.82, 2.24) is 5.32 Å². The van der Waals surface area contributed by atoms with Crippen molar-refractivity contribution in [2.75, 3.05) is 0 Å². The molecule has 74 valence electrons. The Labute approximate surface area is 75.7 Å². The molecule has 0 spiro atoms. The van der Waals surface area contributed by atoms with E-state index in [0.717, 1.165) is 0 Å². The van der Waals surface area contributed by atoms with Crippen molar-refractivity contribution >= 4 is 5.91 Å². The number of amides is 1. The quantitative estimate of drug-likeness (QED) is 0.362. The van der Waals surface area contributed by atoms with E-state index in [1.54, 1.807) is 0 Å². The van der Waals surface area contributed by atoms with Gasteiger partial charge >= 0.3 is 0 Å². The fraction of sp³-hybridized carbons (Fsp3) is 0.625. The Bertz CT molecular complexity index is 240. The maximum absolute atomic E-state index is 10.7. The van der Waals surface area contributed by atoms with Crippen LogP contribution in [-0.4, -0.2) is 45.6 Å². The van der Waals surface area contributed by atoms with Gasteiger partial charge in [0, 0.05) is 6.92 Å². The first-order valence-electron chi connectivity index (χ1n) is 3.95. The number of aliphatic hydroxyl groups is 3. The smallest absolute Gasteiger partial charge is 0.217 e. The summed E-state index contributed by atoms with van der Waals surface area (Å²) in [5, 5.41) is 30.2. The summed E-state index contributed by atoms with van der Waals surface area (Å²) < 4.78 is 0. The van der Waals surface area contributed by atoms with E-state index in [-0.39, 0.29) is 11.5 Å². The van der Waals surface area contributed by atoms with Gasteiger partial charge in [0.15, 0.2) is 0 Å². The van der Waals surface area contributed by atoms with Crippen LogP contribution < -0.4 is 5.32 Å². The zero-order valence-corrected chi connectivity index (χ0v) is 7.27. The first kappa shape index (κ1) is 10.2. The van der Waals surface area contributed by atoms with Crippen LogP contribution in [0.5, 0.6) is 0 Å². The predicted octanol–water partition coefficient (Wildman–Crippen LogP) is -1.86. The third-order valence-electron chi connectivity index (χ3n) is 2.15. The summed E-state index contributed by atoms with van der Waals surface area (Å²) in [5.41, 5.74) is 0.232. The number of hydrogen-bond donors (Lipinski definition) is 4. The Kier molecular flexibility index (Phi) is 2.70. The van der Waals surface area contributed by atoms with Crippen LogP contribution >= 0.6 is 0 Å². The second-order valence-electron chi connectivity index (χ2n) is 3.18. The number of hydrogen-bond acceptors (Lipinski definition) is 4. The average molecular weight is 187 g/mol. The first-order chi connectivity index (χ1) is 5.95. The molecular formula is C8H13NO4. The second kappa shape index (κ2) is 3.45. The predicted molar refractivity (Wildman–Crippen MR) is 44.8 cm³/mol. The molecular weight excluding hydrogens is 174 g/mol. The molecule has 13 heavy (non-hydrogen) atoms. The molecule has 4 atom stereocenters. The van der Waals surface area contributed by atoms with Crippen LogP contribution in [0.2, 0.25) is 0 Å². The van der Waals surface area contributed by atoms with Gasteiger partial charge in [-0.2, -0.15) is 0 Å². The molecule has 0 radical (unpaired) electrons. The van der Waals surface area contributed by atoms with Crippen LogP contribution in [-0.2, 0) is 4.79 Å². The van der Waals surface area contributed by atoms with Crippen LogP contribution in [0.4, 0.5) is 0 Å². The van der Waals surface area contributed by atoms with Crippen molar-refractivity contribution in [3.8, 4) is 0 Å². The molecule has 0 aromatic rings. The van der Waals surface area contributed by atoms with E-state index in [1.165, 1.54) is 6.92 Å². The maximum atomic E-state index is 10.7. The molecule has 0 saturated heterocycles. The molecule has 1 aliphatic carbocycles. The molecule has 1 fully saturated rings. The molecule has 1 saturated carbocycles. The zero-order valence-electron chi connectivity index (χ0n) is 7.27. The van der Waals surface area contributed by atoms with Gasteiger partial charge in [-0.3, -0.25) is 4.79 Å². The van der Waals surface area contributed by atoms with Crippen LogP contribution in [0.25, 0.3) is 0 Å². The van der Waals surface area contributed by atoms with Gasteiger partial charge in [-0.1, -0.05) is 6.58 Å². The first-order valence-corrected chi connectivity index (χ1v) is 3.95. The van der Waals surface area contributed by atoms with Crippen LogP contribution in [0.15, 0.2) is 12.2 Å². The summed E-state index contributed by atoms with van der Waals surface area (Å²) in [5.74, 6) is -0.341. The van der Waals surface area contributed by atoms with Gasteiger partial charge in [-0.15, -0.1) is 0 Å². The highest BCUT2D eigenvalue weighted by molar-refractivity contribution is 5.74. The molecule has 0 bridgehead atoms. The molecule has 4 N–H and O–H groups in total. The number of carbonyl (C=O) groups excluding carboxylic acids is 1. The fourth-order valence-electron chi connectivity index (χ4n) is 1.40.